The first-order chi connectivity index (χ1) is 9.70. The van der Waals surface area contributed by atoms with Crippen molar-refractivity contribution < 1.29 is 14.3 Å². The largest absolute Gasteiger partial charge is 0.496 e. The van der Waals surface area contributed by atoms with E-state index in [2.05, 4.69) is 0 Å². The minimum absolute atomic E-state index is 0.0705. The van der Waals surface area contributed by atoms with Crippen molar-refractivity contribution in [3.63, 3.8) is 0 Å². The minimum Gasteiger partial charge on any atom is -0.496 e. The van der Waals surface area contributed by atoms with Crippen LogP contribution in [0.25, 0.3) is 0 Å². The van der Waals surface area contributed by atoms with Crippen molar-refractivity contribution >= 4 is 5.78 Å². The first-order valence-electron chi connectivity index (χ1n) is 7.46. The fourth-order valence-corrected chi connectivity index (χ4v) is 2.80. The molecule has 1 saturated carbocycles. The zero-order valence-electron chi connectivity index (χ0n) is 12.5. The molecule has 0 radical (unpaired) electrons. The molecule has 0 N–H and O–H groups in total. The van der Waals surface area contributed by atoms with Gasteiger partial charge in [-0.3, -0.25) is 4.79 Å². The van der Waals surface area contributed by atoms with Crippen molar-refractivity contribution in [3.8, 4) is 5.75 Å². The summed E-state index contributed by atoms with van der Waals surface area (Å²) in [4.78, 5) is 11.4. The van der Waals surface area contributed by atoms with Gasteiger partial charge in [-0.15, -0.1) is 0 Å². The van der Waals surface area contributed by atoms with Gasteiger partial charge in [-0.25, -0.2) is 0 Å². The summed E-state index contributed by atoms with van der Waals surface area (Å²) in [6.07, 6.45) is 6.59. The number of carbonyl (C=O) groups excluding carboxylic acids is 1. The van der Waals surface area contributed by atoms with E-state index in [0.717, 1.165) is 17.9 Å². The molecule has 1 aromatic rings. The van der Waals surface area contributed by atoms with Gasteiger partial charge in [0.2, 0.25) is 0 Å². The van der Waals surface area contributed by atoms with Crippen LogP contribution in [0.2, 0.25) is 0 Å². The number of benzene rings is 1. The van der Waals surface area contributed by atoms with E-state index in [-0.39, 0.29) is 5.78 Å². The van der Waals surface area contributed by atoms with E-state index >= 15 is 0 Å². The Bertz CT molecular complexity index is 448. The maximum Gasteiger partial charge on any atom is 0.159 e. The predicted molar refractivity (Wildman–Crippen MR) is 79.2 cm³/mol. The molecule has 0 heterocycles. The van der Waals surface area contributed by atoms with E-state index < -0.39 is 0 Å². The number of ketones is 1. The summed E-state index contributed by atoms with van der Waals surface area (Å²) >= 11 is 0. The summed E-state index contributed by atoms with van der Waals surface area (Å²) in [7, 11) is 1.65. The van der Waals surface area contributed by atoms with Gasteiger partial charge in [-0.05, 0) is 43.9 Å². The molecular weight excluding hydrogens is 252 g/mol. The lowest BCUT2D eigenvalue weighted by Gasteiger charge is -2.21. The highest BCUT2D eigenvalue weighted by molar-refractivity contribution is 5.94. The lowest BCUT2D eigenvalue weighted by atomic mass is 9.90. The molecule has 0 saturated heterocycles. The Labute approximate surface area is 121 Å². The van der Waals surface area contributed by atoms with Crippen molar-refractivity contribution in [1.29, 1.82) is 0 Å². The monoisotopic (exact) mass is 276 g/mol. The van der Waals surface area contributed by atoms with Crippen LogP contribution in [-0.4, -0.2) is 19.5 Å². The second-order valence-corrected chi connectivity index (χ2v) is 5.60. The molecule has 0 aromatic heterocycles. The van der Waals surface area contributed by atoms with Gasteiger partial charge < -0.3 is 9.47 Å². The van der Waals surface area contributed by atoms with E-state index in [1.54, 1.807) is 20.1 Å². The number of Topliss-reactive ketones (excluding diaryl/α,β-unsaturated/α-hetero) is 1. The van der Waals surface area contributed by atoms with Gasteiger partial charge in [0.05, 0.1) is 13.7 Å². The van der Waals surface area contributed by atoms with Crippen LogP contribution < -0.4 is 4.74 Å². The van der Waals surface area contributed by atoms with Crippen LogP contribution in [0.3, 0.4) is 0 Å². The van der Waals surface area contributed by atoms with Crippen LogP contribution in [0.15, 0.2) is 18.2 Å². The molecule has 3 nitrogen and oxygen atoms in total. The quantitative estimate of drug-likeness (QED) is 0.737. The molecule has 110 valence electrons. The van der Waals surface area contributed by atoms with Gasteiger partial charge in [-0.2, -0.15) is 0 Å². The van der Waals surface area contributed by atoms with E-state index in [9.17, 15) is 4.79 Å². The molecule has 1 aliphatic carbocycles. The molecule has 20 heavy (non-hydrogen) atoms. The normalized spacial score (nSPS) is 16.1. The van der Waals surface area contributed by atoms with Gasteiger partial charge in [-0.1, -0.05) is 19.3 Å². The molecule has 1 aliphatic rings. The standard InChI is InChI=1S/C17H24O3/c1-13(18)15-8-9-17(19-2)16(10-15)12-20-11-14-6-4-3-5-7-14/h8-10,14H,3-7,11-12H2,1-2H3. The molecule has 0 atom stereocenters. The Balaban J connectivity index is 1.93. The molecule has 0 amide bonds. The van der Waals surface area contributed by atoms with Crippen LogP contribution in [0.5, 0.6) is 5.75 Å². The molecule has 0 unspecified atom stereocenters. The molecule has 1 aromatic carbocycles. The minimum atomic E-state index is 0.0705. The molecule has 2 rings (SSSR count). The Kier molecular flexibility index (Phi) is 5.60. The molecule has 0 spiro atoms. The maximum atomic E-state index is 11.4. The number of ether oxygens (including phenoxy) is 2. The van der Waals surface area contributed by atoms with Crippen LogP contribution in [-0.2, 0) is 11.3 Å². The fourth-order valence-electron chi connectivity index (χ4n) is 2.80. The third-order valence-electron chi connectivity index (χ3n) is 4.02. The highest BCUT2D eigenvalue weighted by Crippen LogP contribution is 2.25. The third-order valence-corrected chi connectivity index (χ3v) is 4.02. The highest BCUT2D eigenvalue weighted by atomic mass is 16.5. The average molecular weight is 276 g/mol. The molecular formula is C17H24O3. The molecule has 0 aliphatic heterocycles. The number of hydrogen-bond acceptors (Lipinski definition) is 3. The maximum absolute atomic E-state index is 11.4. The van der Waals surface area contributed by atoms with Crippen molar-refractivity contribution in [2.24, 2.45) is 5.92 Å². The van der Waals surface area contributed by atoms with Crippen molar-refractivity contribution in [3.05, 3.63) is 29.3 Å². The zero-order valence-corrected chi connectivity index (χ0v) is 12.5. The van der Waals surface area contributed by atoms with Crippen LogP contribution in [0.4, 0.5) is 0 Å². The Morgan fingerprint density at radius 1 is 1.25 bits per heavy atom. The Hall–Kier alpha value is -1.35. The molecule has 0 bridgehead atoms. The first-order valence-corrected chi connectivity index (χ1v) is 7.46. The molecule has 1 fully saturated rings. The Morgan fingerprint density at radius 2 is 2.00 bits per heavy atom. The Morgan fingerprint density at radius 3 is 2.65 bits per heavy atom. The summed E-state index contributed by atoms with van der Waals surface area (Å²) in [6, 6.07) is 5.52. The summed E-state index contributed by atoms with van der Waals surface area (Å²) < 4.78 is 11.2. The third kappa shape index (κ3) is 4.07. The van der Waals surface area contributed by atoms with E-state index in [0.29, 0.717) is 18.1 Å². The van der Waals surface area contributed by atoms with Gasteiger partial charge in [0, 0.05) is 17.7 Å². The smallest absolute Gasteiger partial charge is 0.159 e. The average Bonchev–Trinajstić information content (AvgIpc) is 2.48. The summed E-state index contributed by atoms with van der Waals surface area (Å²) in [6.45, 7) is 2.91. The number of hydrogen-bond donors (Lipinski definition) is 0. The zero-order chi connectivity index (χ0) is 14.4. The first kappa shape index (κ1) is 15.0. The fraction of sp³-hybridized carbons (Fsp3) is 0.588. The van der Waals surface area contributed by atoms with Crippen LogP contribution in [0, 0.1) is 5.92 Å². The predicted octanol–water partition coefficient (Wildman–Crippen LogP) is 3.99. The second kappa shape index (κ2) is 7.44. The van der Waals surface area contributed by atoms with Crippen molar-refractivity contribution in [2.75, 3.05) is 13.7 Å². The topological polar surface area (TPSA) is 35.5 Å². The van der Waals surface area contributed by atoms with E-state index in [4.69, 9.17) is 9.47 Å². The van der Waals surface area contributed by atoms with Gasteiger partial charge >= 0.3 is 0 Å². The number of carbonyl (C=O) groups is 1. The van der Waals surface area contributed by atoms with Crippen molar-refractivity contribution in [2.45, 2.75) is 45.6 Å². The lowest BCUT2D eigenvalue weighted by molar-refractivity contribution is 0.0727. The van der Waals surface area contributed by atoms with Gasteiger partial charge in [0.1, 0.15) is 5.75 Å². The van der Waals surface area contributed by atoms with Crippen molar-refractivity contribution in [1.82, 2.24) is 0 Å². The number of methoxy groups -OCH3 is 1. The van der Waals surface area contributed by atoms with Gasteiger partial charge in [0.25, 0.3) is 0 Å². The van der Waals surface area contributed by atoms with E-state index in [1.165, 1.54) is 32.1 Å². The van der Waals surface area contributed by atoms with E-state index in [1.807, 2.05) is 12.1 Å². The van der Waals surface area contributed by atoms with Crippen LogP contribution in [0.1, 0.15) is 54.9 Å². The SMILES string of the molecule is COc1ccc(C(C)=O)cc1COCC1CCCCC1. The summed E-state index contributed by atoms with van der Waals surface area (Å²) in [5.41, 5.74) is 1.66. The lowest BCUT2D eigenvalue weighted by Crippen LogP contribution is -2.13. The number of rotatable bonds is 6. The molecule has 3 heteroatoms. The van der Waals surface area contributed by atoms with Crippen LogP contribution >= 0.6 is 0 Å². The second-order valence-electron chi connectivity index (χ2n) is 5.60. The van der Waals surface area contributed by atoms with Gasteiger partial charge in [0.15, 0.2) is 5.78 Å². The highest BCUT2D eigenvalue weighted by Gasteiger charge is 2.14. The summed E-state index contributed by atoms with van der Waals surface area (Å²) in [5, 5.41) is 0. The summed E-state index contributed by atoms with van der Waals surface area (Å²) in [5.74, 6) is 1.56.